The van der Waals surface area contributed by atoms with Crippen LogP contribution in [0.3, 0.4) is 0 Å². The lowest BCUT2D eigenvalue weighted by Gasteiger charge is -2.42. The third kappa shape index (κ3) is 4.36. The lowest BCUT2D eigenvalue weighted by atomic mass is 9.78. The van der Waals surface area contributed by atoms with E-state index in [1.165, 1.54) is 0 Å². The van der Waals surface area contributed by atoms with Gasteiger partial charge in [-0.05, 0) is 66.9 Å². The molecule has 2 amide bonds. The first-order valence-corrected chi connectivity index (χ1v) is 11.5. The summed E-state index contributed by atoms with van der Waals surface area (Å²) >= 11 is 0. The number of carbonyl (C=O) groups excluding carboxylic acids is 2. The minimum Gasteiger partial charge on any atom is -0.497 e. The molecule has 4 rings (SSSR count). The van der Waals surface area contributed by atoms with Gasteiger partial charge in [-0.3, -0.25) is 14.5 Å². The third-order valence-corrected chi connectivity index (χ3v) is 6.43. The van der Waals surface area contributed by atoms with Gasteiger partial charge in [-0.15, -0.1) is 0 Å². The molecule has 0 aliphatic carbocycles. The van der Waals surface area contributed by atoms with Crippen LogP contribution < -0.4 is 19.7 Å². The molecule has 0 saturated carbocycles. The molecule has 3 aromatic carbocycles. The Labute approximate surface area is 200 Å². The number of benzene rings is 3. The summed E-state index contributed by atoms with van der Waals surface area (Å²) in [6.07, 6.45) is 0.814. The lowest BCUT2D eigenvalue weighted by molar-refractivity contribution is -0.123. The monoisotopic (exact) mass is 458 g/mol. The van der Waals surface area contributed by atoms with Crippen molar-refractivity contribution in [2.75, 3.05) is 19.1 Å². The van der Waals surface area contributed by atoms with Crippen LogP contribution in [0.15, 0.2) is 72.8 Å². The number of hydrogen-bond donors (Lipinski definition) is 1. The third-order valence-electron chi connectivity index (χ3n) is 6.43. The first-order chi connectivity index (χ1) is 16.5. The fourth-order valence-electron chi connectivity index (χ4n) is 4.42. The Morgan fingerprint density at radius 3 is 2.12 bits per heavy atom. The van der Waals surface area contributed by atoms with E-state index in [1.54, 1.807) is 25.2 Å². The Morgan fingerprint density at radius 2 is 1.53 bits per heavy atom. The van der Waals surface area contributed by atoms with Crippen molar-refractivity contribution in [3.05, 3.63) is 89.5 Å². The molecule has 1 aliphatic heterocycles. The van der Waals surface area contributed by atoms with Crippen LogP contribution in [0.2, 0.25) is 0 Å². The Bertz CT molecular complexity index is 1160. The van der Waals surface area contributed by atoms with Crippen molar-refractivity contribution in [3.63, 3.8) is 0 Å². The number of nitrogens with zero attached hydrogens (tertiary/aromatic N) is 1. The molecule has 34 heavy (non-hydrogen) atoms. The zero-order valence-corrected chi connectivity index (χ0v) is 19.9. The summed E-state index contributed by atoms with van der Waals surface area (Å²) in [6, 6.07) is 21.8. The molecule has 3 atom stereocenters. The molecule has 0 aromatic heterocycles. The van der Waals surface area contributed by atoms with Crippen molar-refractivity contribution >= 4 is 17.5 Å². The van der Waals surface area contributed by atoms with E-state index in [-0.39, 0.29) is 17.9 Å². The summed E-state index contributed by atoms with van der Waals surface area (Å²) in [7, 11) is 3.22. The van der Waals surface area contributed by atoms with Crippen LogP contribution in [0.5, 0.6) is 11.5 Å². The number of amides is 2. The van der Waals surface area contributed by atoms with E-state index in [4.69, 9.17) is 9.47 Å². The highest BCUT2D eigenvalue weighted by molar-refractivity contribution is 6.11. The van der Waals surface area contributed by atoms with Crippen molar-refractivity contribution in [2.24, 2.45) is 0 Å². The van der Waals surface area contributed by atoms with Crippen LogP contribution in [-0.4, -0.2) is 32.1 Å². The first-order valence-electron chi connectivity index (χ1n) is 11.5. The molecule has 3 aromatic rings. The molecule has 0 fully saturated rings. The standard InChI is InChI=1S/C28H30N2O4/c1-5-18(2)29-27(31)25-23-8-6-7-9-24(23)28(32)30(20-12-16-22(34-4)17-13-20)26(25)19-10-14-21(33-3)15-11-19/h6-18,25-26H,5H2,1-4H3,(H,29,31)/t18-,25-,26-/m0/s1. The van der Waals surface area contributed by atoms with Gasteiger partial charge in [0.25, 0.3) is 5.91 Å². The van der Waals surface area contributed by atoms with Crippen LogP contribution in [-0.2, 0) is 4.79 Å². The second kappa shape index (κ2) is 10.00. The molecular weight excluding hydrogens is 428 g/mol. The van der Waals surface area contributed by atoms with E-state index in [1.807, 2.05) is 80.6 Å². The van der Waals surface area contributed by atoms with Crippen molar-refractivity contribution < 1.29 is 19.1 Å². The van der Waals surface area contributed by atoms with Gasteiger partial charge in [-0.1, -0.05) is 37.3 Å². The van der Waals surface area contributed by atoms with E-state index < -0.39 is 12.0 Å². The summed E-state index contributed by atoms with van der Waals surface area (Å²) < 4.78 is 10.6. The summed E-state index contributed by atoms with van der Waals surface area (Å²) in [5, 5.41) is 3.15. The van der Waals surface area contributed by atoms with Crippen molar-refractivity contribution in [2.45, 2.75) is 38.3 Å². The van der Waals surface area contributed by atoms with Crippen molar-refractivity contribution in [3.8, 4) is 11.5 Å². The first kappa shape index (κ1) is 23.4. The highest BCUT2D eigenvalue weighted by Gasteiger charge is 2.45. The van der Waals surface area contributed by atoms with E-state index in [0.29, 0.717) is 22.7 Å². The number of carbonyl (C=O) groups is 2. The SMILES string of the molecule is CC[C@H](C)NC(=O)[C@H]1c2ccccc2C(=O)N(c2ccc(OC)cc2)[C@H]1c1ccc(OC)cc1. The number of anilines is 1. The number of hydrogen-bond acceptors (Lipinski definition) is 4. The second-order valence-corrected chi connectivity index (χ2v) is 8.47. The number of ether oxygens (including phenoxy) is 2. The molecule has 0 saturated heterocycles. The minimum absolute atomic E-state index is 0.0169. The maximum atomic E-state index is 13.9. The number of nitrogens with one attached hydrogen (secondary N) is 1. The van der Waals surface area contributed by atoms with E-state index in [9.17, 15) is 9.59 Å². The predicted molar refractivity (Wildman–Crippen MR) is 133 cm³/mol. The summed E-state index contributed by atoms with van der Waals surface area (Å²) in [5.74, 6) is 0.574. The topological polar surface area (TPSA) is 67.9 Å². The average molecular weight is 459 g/mol. The van der Waals surface area contributed by atoms with Crippen molar-refractivity contribution in [1.29, 1.82) is 0 Å². The molecule has 1 N–H and O–H groups in total. The van der Waals surface area contributed by atoms with Gasteiger partial charge in [-0.25, -0.2) is 0 Å². The Balaban J connectivity index is 1.91. The second-order valence-electron chi connectivity index (χ2n) is 8.47. The molecule has 6 nitrogen and oxygen atoms in total. The van der Waals surface area contributed by atoms with Crippen LogP contribution in [0.25, 0.3) is 0 Å². The summed E-state index contributed by atoms with van der Waals surface area (Å²) in [6.45, 7) is 4.02. The highest BCUT2D eigenvalue weighted by atomic mass is 16.5. The maximum absolute atomic E-state index is 13.9. The highest BCUT2D eigenvalue weighted by Crippen LogP contribution is 2.45. The van der Waals surface area contributed by atoms with Gasteiger partial charge in [0.05, 0.1) is 26.2 Å². The van der Waals surface area contributed by atoms with Gasteiger partial charge in [0.2, 0.25) is 5.91 Å². The van der Waals surface area contributed by atoms with Gasteiger partial charge in [0.1, 0.15) is 11.5 Å². The zero-order valence-electron chi connectivity index (χ0n) is 19.9. The van der Waals surface area contributed by atoms with Gasteiger partial charge >= 0.3 is 0 Å². The van der Waals surface area contributed by atoms with Gasteiger partial charge in [0, 0.05) is 17.3 Å². The van der Waals surface area contributed by atoms with E-state index >= 15 is 0 Å². The van der Waals surface area contributed by atoms with Gasteiger partial charge < -0.3 is 14.8 Å². The molecule has 0 bridgehead atoms. The van der Waals surface area contributed by atoms with Crippen LogP contribution in [0, 0.1) is 0 Å². The molecule has 176 valence electrons. The molecule has 0 radical (unpaired) electrons. The zero-order chi connectivity index (χ0) is 24.2. The molecule has 0 spiro atoms. The molecule has 0 unspecified atom stereocenters. The fraction of sp³-hybridized carbons (Fsp3) is 0.286. The quantitative estimate of drug-likeness (QED) is 0.535. The molecule has 1 heterocycles. The lowest BCUT2D eigenvalue weighted by Crippen LogP contribution is -2.48. The van der Waals surface area contributed by atoms with Crippen LogP contribution in [0.1, 0.15) is 53.7 Å². The Morgan fingerprint density at radius 1 is 0.941 bits per heavy atom. The minimum atomic E-state index is -0.585. The van der Waals surface area contributed by atoms with E-state index in [0.717, 1.165) is 17.5 Å². The molecular formula is C28H30N2O4. The normalized spacial score (nSPS) is 18.1. The molecule has 1 aliphatic rings. The van der Waals surface area contributed by atoms with E-state index in [2.05, 4.69) is 5.32 Å². The van der Waals surface area contributed by atoms with Gasteiger partial charge in [-0.2, -0.15) is 0 Å². The van der Waals surface area contributed by atoms with Gasteiger partial charge in [0.15, 0.2) is 0 Å². The largest absolute Gasteiger partial charge is 0.497 e. The summed E-state index contributed by atoms with van der Waals surface area (Å²) in [5.41, 5.74) is 2.82. The predicted octanol–water partition coefficient (Wildman–Crippen LogP) is 5.10. The maximum Gasteiger partial charge on any atom is 0.259 e. The van der Waals surface area contributed by atoms with Crippen LogP contribution >= 0.6 is 0 Å². The fourth-order valence-corrected chi connectivity index (χ4v) is 4.42. The number of fused-ring (bicyclic) bond motifs is 1. The Hall–Kier alpha value is -3.80. The summed E-state index contributed by atoms with van der Waals surface area (Å²) in [4.78, 5) is 29.3. The number of methoxy groups -OCH3 is 2. The smallest absolute Gasteiger partial charge is 0.259 e. The number of rotatable bonds is 7. The Kier molecular flexibility index (Phi) is 6.87. The van der Waals surface area contributed by atoms with Crippen molar-refractivity contribution in [1.82, 2.24) is 5.32 Å². The average Bonchev–Trinajstić information content (AvgIpc) is 2.88. The molecule has 6 heteroatoms. The van der Waals surface area contributed by atoms with Crippen LogP contribution in [0.4, 0.5) is 5.69 Å².